The molecule has 0 atom stereocenters. The summed E-state index contributed by atoms with van der Waals surface area (Å²) in [5, 5.41) is 8.89. The van der Waals surface area contributed by atoms with Crippen LogP contribution in [-0.4, -0.2) is 24.5 Å². The predicted octanol–water partition coefficient (Wildman–Crippen LogP) is 24.7. The van der Waals surface area contributed by atoms with Gasteiger partial charge in [0.05, 0.1) is 33.6 Å². The Morgan fingerprint density at radius 2 is 0.792 bits per heavy atom. The minimum absolute atomic E-state index is 0.0739. The van der Waals surface area contributed by atoms with Gasteiger partial charge in [-0.3, -0.25) is 0 Å². The minimum Gasteiger partial charge on any atom is -0.309 e. The highest BCUT2D eigenvalue weighted by Gasteiger charge is 2.39. The predicted molar refractivity (Wildman–Crippen MR) is 422 cm³/mol. The summed E-state index contributed by atoms with van der Waals surface area (Å²) >= 11 is 3.65. The van der Waals surface area contributed by atoms with Gasteiger partial charge in [-0.05, 0) is 166 Å². The molecule has 3 aromatic heterocycles. The average Bonchev–Trinajstić information content (AvgIpc) is 1.55. The van der Waals surface area contributed by atoms with Crippen molar-refractivity contribution in [3.8, 4) is 95.6 Å². The van der Waals surface area contributed by atoms with E-state index < -0.39 is 0 Å². The quantitative estimate of drug-likeness (QED) is 0.172. The largest absolute Gasteiger partial charge is 0.309 e. The number of hydrogen-bond acceptors (Lipinski definition) is 4. The maximum Gasteiger partial charge on any atom is 0.160 e. The summed E-state index contributed by atoms with van der Waals surface area (Å²) in [6.45, 7) is 9.35. The molecule has 0 saturated heterocycles. The molecule has 0 amide bonds. The second kappa shape index (κ2) is 22.5. The fraction of sp³-hybridized carbons (Fsp3) is 0.0737. The molecule has 0 aliphatic heterocycles. The zero-order valence-corrected chi connectivity index (χ0v) is 57.8. The summed E-state index contributed by atoms with van der Waals surface area (Å²) in [5.74, 6) is 1.50. The second-order valence-corrected chi connectivity index (χ2v) is 29.3. The van der Waals surface area contributed by atoms with Gasteiger partial charge in [0.2, 0.25) is 0 Å². The molecule has 0 fully saturated rings. The third-order valence-electron chi connectivity index (χ3n) is 22.1. The first-order valence-electron chi connectivity index (χ1n) is 34.9. The molecule has 6 heteroatoms. The Labute approximate surface area is 594 Å². The first-order chi connectivity index (χ1) is 49.5. The molecule has 5 nitrogen and oxygen atoms in total. The highest BCUT2D eigenvalue weighted by molar-refractivity contribution is 9.10. The number of nitrogens with zero attached hydrogens (tertiary/aromatic N) is 5. The van der Waals surface area contributed by atoms with Crippen LogP contribution in [0.15, 0.2) is 308 Å². The molecular weight excluding hydrogens is 1290 g/mol. The molecule has 14 aromatic carbocycles. The molecule has 476 valence electrons. The van der Waals surface area contributed by atoms with Gasteiger partial charge in [0.1, 0.15) is 0 Å². The van der Waals surface area contributed by atoms with E-state index in [2.05, 4.69) is 309 Å². The van der Waals surface area contributed by atoms with Gasteiger partial charge >= 0.3 is 0 Å². The molecular formula is C95H64BrN5. The SMILES string of the molecule is CC1(C)c2cc(-c3nc(-c4ccccc4)nc4ccccc34)ccc2-c2ccc(-n3c4c(c5ccccc53)-c3cccc5cccc-4c35)cc21.CC1(C)c2cc(Br)ccc2-c2ccc(-c3nc(-c4ccccc4)nc4ccccc34)cc21.c1ccc2c(c1)CC1=C2c2cccc3cccc1c23. The smallest absolute Gasteiger partial charge is 0.160 e. The van der Waals surface area contributed by atoms with Gasteiger partial charge in [-0.15, -0.1) is 0 Å². The minimum atomic E-state index is -0.211. The normalized spacial score (nSPS) is 13.9. The van der Waals surface area contributed by atoms with Gasteiger partial charge in [-0.1, -0.05) is 292 Å². The highest BCUT2D eigenvalue weighted by atomic mass is 79.9. The van der Waals surface area contributed by atoms with Crippen molar-refractivity contribution in [2.24, 2.45) is 0 Å². The van der Waals surface area contributed by atoms with E-state index in [0.29, 0.717) is 0 Å². The van der Waals surface area contributed by atoms with Crippen LogP contribution in [0.5, 0.6) is 0 Å². The van der Waals surface area contributed by atoms with Crippen LogP contribution in [0.2, 0.25) is 0 Å². The molecule has 17 aromatic rings. The van der Waals surface area contributed by atoms with Crippen LogP contribution in [0.4, 0.5) is 0 Å². The van der Waals surface area contributed by atoms with E-state index in [1.807, 2.05) is 42.5 Å². The number of rotatable bonds is 5. The van der Waals surface area contributed by atoms with E-state index >= 15 is 0 Å². The number of benzene rings is 14. The lowest BCUT2D eigenvalue weighted by molar-refractivity contribution is 0.660. The summed E-state index contributed by atoms with van der Waals surface area (Å²) in [7, 11) is 0. The van der Waals surface area contributed by atoms with Gasteiger partial charge in [-0.25, -0.2) is 19.9 Å². The summed E-state index contributed by atoms with van der Waals surface area (Å²) in [6, 6.07) is 109. The summed E-state index contributed by atoms with van der Waals surface area (Å²) < 4.78 is 3.62. The van der Waals surface area contributed by atoms with Gasteiger partial charge < -0.3 is 4.57 Å². The lowest BCUT2D eigenvalue weighted by Crippen LogP contribution is -2.15. The maximum absolute atomic E-state index is 5.19. The average molecular weight is 1360 g/mol. The highest BCUT2D eigenvalue weighted by Crippen LogP contribution is 2.57. The van der Waals surface area contributed by atoms with Crippen molar-refractivity contribution in [1.82, 2.24) is 24.5 Å². The van der Waals surface area contributed by atoms with Crippen molar-refractivity contribution in [3.05, 3.63) is 352 Å². The number of para-hydroxylation sites is 3. The summed E-state index contributed by atoms with van der Waals surface area (Å²) in [6.07, 6.45) is 1.08. The Hall–Kier alpha value is -12.0. The molecule has 101 heavy (non-hydrogen) atoms. The van der Waals surface area contributed by atoms with Crippen LogP contribution in [-0.2, 0) is 17.3 Å². The number of aromatic nitrogens is 5. The van der Waals surface area contributed by atoms with E-state index in [1.54, 1.807) is 0 Å². The number of allylic oxidation sites excluding steroid dienone is 1. The van der Waals surface area contributed by atoms with E-state index in [1.165, 1.54) is 138 Å². The van der Waals surface area contributed by atoms with Gasteiger partial charge in [0, 0.05) is 70.5 Å². The monoisotopic (exact) mass is 1350 g/mol. The molecule has 3 heterocycles. The van der Waals surface area contributed by atoms with Crippen LogP contribution < -0.4 is 0 Å². The number of halogens is 1. The third kappa shape index (κ3) is 9.07. The van der Waals surface area contributed by atoms with Crippen molar-refractivity contribution in [2.75, 3.05) is 0 Å². The molecule has 5 aliphatic rings. The van der Waals surface area contributed by atoms with Crippen LogP contribution in [0.3, 0.4) is 0 Å². The Bertz CT molecular complexity index is 6420. The summed E-state index contributed by atoms with van der Waals surface area (Å²) in [5.41, 5.74) is 34.9. The molecule has 22 rings (SSSR count). The van der Waals surface area contributed by atoms with Crippen LogP contribution >= 0.6 is 15.9 Å². The molecule has 0 saturated carbocycles. The number of fused-ring (bicyclic) bond motifs is 17. The topological polar surface area (TPSA) is 56.5 Å². The van der Waals surface area contributed by atoms with Gasteiger partial charge in [0.15, 0.2) is 11.6 Å². The van der Waals surface area contributed by atoms with Gasteiger partial charge in [-0.2, -0.15) is 0 Å². The van der Waals surface area contributed by atoms with Crippen LogP contribution in [0.1, 0.15) is 72.2 Å². The Kier molecular flexibility index (Phi) is 13.2. The van der Waals surface area contributed by atoms with Crippen molar-refractivity contribution in [1.29, 1.82) is 0 Å². The van der Waals surface area contributed by atoms with E-state index in [4.69, 9.17) is 19.9 Å². The van der Waals surface area contributed by atoms with E-state index in [9.17, 15) is 0 Å². The molecule has 0 bridgehead atoms. The van der Waals surface area contributed by atoms with Crippen LogP contribution in [0.25, 0.3) is 161 Å². The third-order valence-corrected chi connectivity index (χ3v) is 22.6. The fourth-order valence-electron chi connectivity index (χ4n) is 17.4. The van der Waals surface area contributed by atoms with Gasteiger partial charge in [0.25, 0.3) is 0 Å². The van der Waals surface area contributed by atoms with Crippen molar-refractivity contribution >= 4 is 81.3 Å². The zero-order chi connectivity index (χ0) is 67.4. The van der Waals surface area contributed by atoms with Crippen molar-refractivity contribution in [3.63, 3.8) is 0 Å². The molecule has 0 N–H and O–H groups in total. The lowest BCUT2D eigenvalue weighted by atomic mass is 9.81. The standard InChI is InChI=1S/C47H31N3.C29H21BrN2.C19H12/c1-47(2)38-26-30(44-34-16-6-8-20-40(34)48-46(49-44)29-12-4-3-5-13-29)22-24-32(38)33-25-23-31(27-39(33)47)50-41-21-9-7-17-35(41)43-36-18-10-14-28-15-11-19-37(42(28)36)45(43)50;1-29(2)24-16-19(12-14-21(24)22-15-13-20(30)17-25(22)29)27-23-10-6-7-11-26(23)31-28(32-27)18-8-4-3-5-9-18;1-2-8-14-13(5-1)11-17-15-9-3-6-12-7-4-10-16(18(12)15)19(14)17/h3-27H,1-2H3;3-17H,1-2H3;1-10H,11H2. The summed E-state index contributed by atoms with van der Waals surface area (Å²) in [4.78, 5) is 20.1. The van der Waals surface area contributed by atoms with Crippen molar-refractivity contribution in [2.45, 2.75) is 44.9 Å². The van der Waals surface area contributed by atoms with Crippen LogP contribution in [0, 0.1) is 0 Å². The first kappa shape index (κ1) is 59.1. The zero-order valence-electron chi connectivity index (χ0n) is 56.2. The Morgan fingerprint density at radius 1 is 0.337 bits per heavy atom. The second-order valence-electron chi connectivity index (χ2n) is 28.4. The molecule has 5 aliphatic carbocycles. The van der Waals surface area contributed by atoms with Crippen molar-refractivity contribution < 1.29 is 0 Å². The Morgan fingerprint density at radius 3 is 1.40 bits per heavy atom. The molecule has 0 spiro atoms. The first-order valence-corrected chi connectivity index (χ1v) is 35.7. The number of hydrogen-bond donors (Lipinski definition) is 0. The lowest BCUT2D eigenvalue weighted by Gasteiger charge is -2.23. The maximum atomic E-state index is 5.19. The Balaban J connectivity index is 0.000000114. The van der Waals surface area contributed by atoms with E-state index in [0.717, 1.165) is 78.0 Å². The fourth-order valence-corrected chi connectivity index (χ4v) is 17.7. The molecule has 0 unspecified atom stereocenters. The molecule has 0 radical (unpaired) electrons. The van der Waals surface area contributed by atoms with E-state index in [-0.39, 0.29) is 10.8 Å².